The largest absolute Gasteiger partial charge is 0.443 e. The summed E-state index contributed by atoms with van der Waals surface area (Å²) in [6.45, 7) is 0.848. The molecule has 0 aromatic carbocycles. The number of amides is 1. The lowest BCUT2D eigenvalue weighted by molar-refractivity contribution is 0.150. The number of hydrogen-bond acceptors (Lipinski definition) is 4. The Morgan fingerprint density at radius 3 is 3.17 bits per heavy atom. The van der Waals surface area contributed by atoms with E-state index in [0.717, 1.165) is 17.9 Å². The summed E-state index contributed by atoms with van der Waals surface area (Å²) in [4.78, 5) is 10.6. The Labute approximate surface area is 75.7 Å². The Morgan fingerprint density at radius 1 is 1.75 bits per heavy atom. The van der Waals surface area contributed by atoms with E-state index in [0.29, 0.717) is 6.54 Å². The molecule has 70 valence electrons. The molecular weight excluding hydrogens is 178 g/mol. The first-order valence-electron chi connectivity index (χ1n) is 3.96. The second-order valence-electron chi connectivity index (χ2n) is 2.56. The van der Waals surface area contributed by atoms with Crippen LogP contribution in [0.25, 0.3) is 0 Å². The van der Waals surface area contributed by atoms with Gasteiger partial charge in [0.1, 0.15) is 6.10 Å². The molecule has 5 heteroatoms. The zero-order chi connectivity index (χ0) is 8.81. The number of hydrogen-bond donors (Lipinski definition) is 2. The number of aliphatic hydroxyl groups excluding tert-OH is 1. The number of cyclic esters (lactones) is 1. The van der Waals surface area contributed by atoms with Crippen molar-refractivity contribution < 1.29 is 14.6 Å². The average molecular weight is 191 g/mol. The summed E-state index contributed by atoms with van der Waals surface area (Å²) in [5.74, 6) is 1.74. The number of nitrogens with one attached hydrogen (secondary N) is 1. The summed E-state index contributed by atoms with van der Waals surface area (Å²) in [6.07, 6.45) is 0.502. The Hall–Kier alpha value is -0.420. The van der Waals surface area contributed by atoms with Gasteiger partial charge in [-0.15, -0.1) is 0 Å². The summed E-state index contributed by atoms with van der Waals surface area (Å²) in [5, 5.41) is 11.1. The molecule has 12 heavy (non-hydrogen) atoms. The van der Waals surface area contributed by atoms with Crippen LogP contribution in [-0.4, -0.2) is 42.0 Å². The second kappa shape index (κ2) is 5.27. The molecule has 0 radical (unpaired) electrons. The zero-order valence-corrected chi connectivity index (χ0v) is 7.60. The number of rotatable bonds is 5. The fourth-order valence-electron chi connectivity index (χ4n) is 0.906. The van der Waals surface area contributed by atoms with Gasteiger partial charge < -0.3 is 15.2 Å². The highest BCUT2D eigenvalue weighted by molar-refractivity contribution is 7.99. The predicted octanol–water partition coefficient (Wildman–Crippen LogP) is 0.210. The first-order valence-corrected chi connectivity index (χ1v) is 5.11. The fraction of sp³-hybridized carbons (Fsp3) is 0.857. The van der Waals surface area contributed by atoms with Crippen LogP contribution in [0, 0.1) is 0 Å². The maximum atomic E-state index is 10.6. The van der Waals surface area contributed by atoms with Gasteiger partial charge in [-0.25, -0.2) is 4.79 Å². The Morgan fingerprint density at radius 2 is 2.58 bits per heavy atom. The van der Waals surface area contributed by atoms with E-state index in [4.69, 9.17) is 9.84 Å². The third-order valence-corrected chi connectivity index (χ3v) is 2.68. The summed E-state index contributed by atoms with van der Waals surface area (Å²) < 4.78 is 4.91. The van der Waals surface area contributed by atoms with E-state index in [1.807, 2.05) is 0 Å². The number of alkyl carbamates (subject to hydrolysis) is 1. The molecule has 1 saturated heterocycles. The van der Waals surface area contributed by atoms with Crippen LogP contribution in [0.1, 0.15) is 6.42 Å². The van der Waals surface area contributed by atoms with E-state index < -0.39 is 0 Å². The normalized spacial score (nSPS) is 22.1. The van der Waals surface area contributed by atoms with Crippen LogP contribution in [0.2, 0.25) is 0 Å². The number of ether oxygens (including phenoxy) is 1. The first kappa shape index (κ1) is 9.67. The van der Waals surface area contributed by atoms with Crippen molar-refractivity contribution in [3.05, 3.63) is 0 Å². The highest BCUT2D eigenvalue weighted by Gasteiger charge is 2.21. The van der Waals surface area contributed by atoms with Gasteiger partial charge in [0.05, 0.1) is 6.54 Å². The number of aliphatic hydroxyl groups is 1. The standard InChI is InChI=1S/C7H13NO3S/c9-2-1-3-12-5-6-4-8-7(10)11-6/h6,9H,1-5H2,(H,8,10). The molecule has 1 atom stereocenters. The topological polar surface area (TPSA) is 58.6 Å². The summed E-state index contributed by atoms with van der Waals surface area (Å²) in [6, 6.07) is 0. The van der Waals surface area contributed by atoms with E-state index >= 15 is 0 Å². The second-order valence-corrected chi connectivity index (χ2v) is 3.71. The minimum Gasteiger partial charge on any atom is -0.443 e. The summed E-state index contributed by atoms with van der Waals surface area (Å²) in [5.41, 5.74) is 0. The van der Waals surface area contributed by atoms with Crippen molar-refractivity contribution in [3.8, 4) is 0 Å². The van der Waals surface area contributed by atoms with E-state index in [1.54, 1.807) is 11.8 Å². The Kier molecular flexibility index (Phi) is 4.24. The molecule has 0 aliphatic carbocycles. The number of carbonyl (C=O) groups excluding carboxylic acids is 1. The average Bonchev–Trinajstić information content (AvgIpc) is 2.45. The molecular formula is C7H13NO3S. The van der Waals surface area contributed by atoms with Crippen molar-refractivity contribution in [3.63, 3.8) is 0 Å². The van der Waals surface area contributed by atoms with Crippen molar-refractivity contribution in [2.75, 3.05) is 24.7 Å². The van der Waals surface area contributed by atoms with Gasteiger partial charge in [-0.3, -0.25) is 0 Å². The van der Waals surface area contributed by atoms with Gasteiger partial charge in [-0.05, 0) is 12.2 Å². The van der Waals surface area contributed by atoms with Gasteiger partial charge >= 0.3 is 6.09 Å². The monoisotopic (exact) mass is 191 g/mol. The maximum Gasteiger partial charge on any atom is 0.407 e. The van der Waals surface area contributed by atoms with Gasteiger partial charge in [-0.1, -0.05) is 0 Å². The molecule has 0 bridgehead atoms. The minimum atomic E-state index is -0.317. The van der Waals surface area contributed by atoms with Gasteiger partial charge in [-0.2, -0.15) is 11.8 Å². The van der Waals surface area contributed by atoms with Gasteiger partial charge in [0.25, 0.3) is 0 Å². The number of thioether (sulfide) groups is 1. The lowest BCUT2D eigenvalue weighted by Crippen LogP contribution is -2.16. The molecule has 0 aromatic heterocycles. The van der Waals surface area contributed by atoms with Crippen molar-refractivity contribution in [1.29, 1.82) is 0 Å². The van der Waals surface area contributed by atoms with Crippen LogP contribution in [0.4, 0.5) is 4.79 Å². The molecule has 1 unspecified atom stereocenters. The molecule has 1 fully saturated rings. The molecule has 1 aliphatic heterocycles. The highest BCUT2D eigenvalue weighted by atomic mass is 32.2. The molecule has 0 spiro atoms. The molecule has 1 heterocycles. The Bertz CT molecular complexity index is 154. The molecule has 2 N–H and O–H groups in total. The number of carbonyl (C=O) groups is 1. The van der Waals surface area contributed by atoms with Crippen molar-refractivity contribution in [2.45, 2.75) is 12.5 Å². The highest BCUT2D eigenvalue weighted by Crippen LogP contribution is 2.09. The van der Waals surface area contributed by atoms with Crippen molar-refractivity contribution >= 4 is 17.9 Å². The first-order chi connectivity index (χ1) is 5.83. The van der Waals surface area contributed by atoms with E-state index in [9.17, 15) is 4.79 Å². The smallest absolute Gasteiger partial charge is 0.407 e. The van der Waals surface area contributed by atoms with Crippen molar-refractivity contribution in [2.24, 2.45) is 0 Å². The minimum absolute atomic E-state index is 0.0150. The van der Waals surface area contributed by atoms with Gasteiger partial charge in [0, 0.05) is 12.4 Å². The van der Waals surface area contributed by atoms with Crippen molar-refractivity contribution in [1.82, 2.24) is 5.32 Å². The van der Waals surface area contributed by atoms with Crippen LogP contribution >= 0.6 is 11.8 Å². The fourth-order valence-corrected chi connectivity index (χ4v) is 1.85. The molecule has 1 rings (SSSR count). The third-order valence-electron chi connectivity index (χ3n) is 1.50. The summed E-state index contributed by atoms with van der Waals surface area (Å²) in [7, 11) is 0. The van der Waals surface area contributed by atoms with E-state index in [1.165, 1.54) is 0 Å². The van der Waals surface area contributed by atoms with Gasteiger partial charge in [0.15, 0.2) is 0 Å². The van der Waals surface area contributed by atoms with Gasteiger partial charge in [0.2, 0.25) is 0 Å². The van der Waals surface area contributed by atoms with Crippen LogP contribution in [0.3, 0.4) is 0 Å². The zero-order valence-electron chi connectivity index (χ0n) is 6.78. The van der Waals surface area contributed by atoms with E-state index in [-0.39, 0.29) is 18.8 Å². The van der Waals surface area contributed by atoms with Crippen LogP contribution < -0.4 is 5.32 Å². The van der Waals surface area contributed by atoms with Crippen LogP contribution in [0.5, 0.6) is 0 Å². The lowest BCUT2D eigenvalue weighted by atomic mass is 10.4. The predicted molar refractivity (Wildman–Crippen MR) is 47.3 cm³/mol. The lowest BCUT2D eigenvalue weighted by Gasteiger charge is -2.05. The molecule has 4 nitrogen and oxygen atoms in total. The summed E-state index contributed by atoms with van der Waals surface area (Å²) >= 11 is 1.70. The SMILES string of the molecule is O=C1NCC(CSCCCO)O1. The Balaban J connectivity index is 1.97. The van der Waals surface area contributed by atoms with Crippen LogP contribution in [-0.2, 0) is 4.74 Å². The third kappa shape index (κ3) is 3.32. The van der Waals surface area contributed by atoms with Crippen LogP contribution in [0.15, 0.2) is 0 Å². The molecule has 0 saturated carbocycles. The van der Waals surface area contributed by atoms with E-state index in [2.05, 4.69) is 5.32 Å². The molecule has 1 aliphatic rings. The quantitative estimate of drug-likeness (QED) is 0.610. The molecule has 1 amide bonds. The maximum absolute atomic E-state index is 10.6. The molecule has 0 aromatic rings.